The lowest BCUT2D eigenvalue weighted by Gasteiger charge is -2.08. The van der Waals surface area contributed by atoms with E-state index in [4.69, 9.17) is 4.74 Å². The van der Waals surface area contributed by atoms with Gasteiger partial charge in [0.25, 0.3) is 0 Å². The molecule has 23 heavy (non-hydrogen) atoms. The Hall–Kier alpha value is -2.94. The third kappa shape index (κ3) is 3.83. The number of benzene rings is 2. The predicted octanol–water partition coefficient (Wildman–Crippen LogP) is 4.20. The average molecular weight is 303 g/mol. The second kappa shape index (κ2) is 6.88. The smallest absolute Gasteiger partial charge is 0.194 e. The summed E-state index contributed by atoms with van der Waals surface area (Å²) in [4.78, 5) is 16.3. The van der Waals surface area contributed by atoms with E-state index in [1.54, 1.807) is 36.7 Å². The second-order valence-corrected chi connectivity index (χ2v) is 5.37. The van der Waals surface area contributed by atoms with Gasteiger partial charge >= 0.3 is 0 Å². The van der Waals surface area contributed by atoms with E-state index < -0.39 is 0 Å². The summed E-state index contributed by atoms with van der Waals surface area (Å²) in [6.07, 6.45) is 3.23. The van der Waals surface area contributed by atoms with Gasteiger partial charge in [0.2, 0.25) is 0 Å². The zero-order chi connectivity index (χ0) is 16.1. The quantitative estimate of drug-likeness (QED) is 0.663. The molecule has 0 saturated heterocycles. The van der Waals surface area contributed by atoms with Crippen LogP contribution in [0.25, 0.3) is 0 Å². The van der Waals surface area contributed by atoms with E-state index in [1.807, 2.05) is 24.3 Å². The van der Waals surface area contributed by atoms with Crippen molar-refractivity contribution in [2.45, 2.75) is 13.5 Å². The first kappa shape index (κ1) is 15.0. The highest BCUT2D eigenvalue weighted by Crippen LogP contribution is 2.17. The summed E-state index contributed by atoms with van der Waals surface area (Å²) in [5.41, 5.74) is 3.55. The van der Waals surface area contributed by atoms with E-state index in [0.717, 1.165) is 11.3 Å². The zero-order valence-corrected chi connectivity index (χ0v) is 12.9. The Balaban J connectivity index is 1.66. The second-order valence-electron chi connectivity index (χ2n) is 5.37. The molecule has 3 aromatic rings. The summed E-state index contributed by atoms with van der Waals surface area (Å²) in [7, 11) is 0. The number of ketones is 1. The molecule has 0 amide bonds. The third-order valence-corrected chi connectivity index (χ3v) is 3.53. The van der Waals surface area contributed by atoms with E-state index in [1.165, 1.54) is 5.56 Å². The molecule has 0 N–H and O–H groups in total. The summed E-state index contributed by atoms with van der Waals surface area (Å²) in [6, 6.07) is 18.9. The molecule has 0 aliphatic rings. The van der Waals surface area contributed by atoms with Crippen molar-refractivity contribution in [3.63, 3.8) is 0 Å². The van der Waals surface area contributed by atoms with Gasteiger partial charge in [-0.1, -0.05) is 29.8 Å². The lowest BCUT2D eigenvalue weighted by molar-refractivity contribution is 0.103. The number of pyridine rings is 1. The molecule has 0 fully saturated rings. The molecule has 3 nitrogen and oxygen atoms in total. The molecule has 0 bridgehead atoms. The van der Waals surface area contributed by atoms with Gasteiger partial charge in [-0.2, -0.15) is 0 Å². The highest BCUT2D eigenvalue weighted by atomic mass is 16.5. The van der Waals surface area contributed by atoms with Gasteiger partial charge in [0, 0.05) is 23.5 Å². The van der Waals surface area contributed by atoms with Gasteiger partial charge in [-0.25, -0.2) is 0 Å². The first-order valence-electron chi connectivity index (χ1n) is 7.45. The Labute approximate surface area is 135 Å². The van der Waals surface area contributed by atoms with Crippen molar-refractivity contribution in [3.8, 4) is 5.75 Å². The van der Waals surface area contributed by atoms with Crippen LogP contribution in [0, 0.1) is 6.92 Å². The van der Waals surface area contributed by atoms with Crippen LogP contribution in [0.1, 0.15) is 27.0 Å². The SMILES string of the molecule is Cc1cccc(COc2ccc(C(=O)c3cccnc3)cc2)c1. The molecule has 0 aliphatic heterocycles. The molecule has 0 aliphatic carbocycles. The van der Waals surface area contributed by atoms with Crippen molar-refractivity contribution >= 4 is 5.78 Å². The van der Waals surface area contributed by atoms with Gasteiger partial charge in [0.15, 0.2) is 5.78 Å². The van der Waals surface area contributed by atoms with Crippen LogP contribution in [0.5, 0.6) is 5.75 Å². The van der Waals surface area contributed by atoms with Gasteiger partial charge in [-0.3, -0.25) is 9.78 Å². The molecule has 0 unspecified atom stereocenters. The van der Waals surface area contributed by atoms with Gasteiger partial charge in [0.05, 0.1) is 0 Å². The number of rotatable bonds is 5. The van der Waals surface area contributed by atoms with Crippen LogP contribution in [0.4, 0.5) is 0 Å². The predicted molar refractivity (Wildman–Crippen MR) is 89.6 cm³/mol. The minimum atomic E-state index is -0.0386. The Morgan fingerprint density at radius 1 is 1.00 bits per heavy atom. The van der Waals surface area contributed by atoms with Crippen LogP contribution in [-0.4, -0.2) is 10.8 Å². The molecule has 114 valence electrons. The van der Waals surface area contributed by atoms with Gasteiger partial charge in [-0.05, 0) is 48.9 Å². The van der Waals surface area contributed by atoms with Gasteiger partial charge < -0.3 is 4.74 Å². The van der Waals surface area contributed by atoms with Crippen LogP contribution in [0.3, 0.4) is 0 Å². The number of nitrogens with zero attached hydrogens (tertiary/aromatic N) is 1. The van der Waals surface area contributed by atoms with Crippen LogP contribution >= 0.6 is 0 Å². The Kier molecular flexibility index (Phi) is 4.48. The highest BCUT2D eigenvalue weighted by Gasteiger charge is 2.08. The monoisotopic (exact) mass is 303 g/mol. The number of hydrogen-bond donors (Lipinski definition) is 0. The minimum Gasteiger partial charge on any atom is -0.489 e. The van der Waals surface area contributed by atoms with E-state index >= 15 is 0 Å². The number of carbonyl (C=O) groups is 1. The summed E-state index contributed by atoms with van der Waals surface area (Å²) >= 11 is 0. The topological polar surface area (TPSA) is 39.2 Å². The Morgan fingerprint density at radius 3 is 2.52 bits per heavy atom. The van der Waals surface area contributed by atoms with Crippen molar-refractivity contribution in [1.82, 2.24) is 4.98 Å². The fourth-order valence-electron chi connectivity index (χ4n) is 2.33. The summed E-state index contributed by atoms with van der Waals surface area (Å²) in [6.45, 7) is 2.57. The van der Waals surface area contributed by atoms with Gasteiger partial charge in [0.1, 0.15) is 12.4 Å². The number of aryl methyl sites for hydroxylation is 1. The molecule has 1 heterocycles. The highest BCUT2D eigenvalue weighted by molar-refractivity contribution is 6.08. The molecule has 0 radical (unpaired) electrons. The fourth-order valence-corrected chi connectivity index (χ4v) is 2.33. The molecular formula is C20H17NO2. The number of aromatic nitrogens is 1. The van der Waals surface area contributed by atoms with Crippen LogP contribution < -0.4 is 4.74 Å². The molecule has 2 aromatic carbocycles. The minimum absolute atomic E-state index is 0.0386. The van der Waals surface area contributed by atoms with Crippen LogP contribution in [-0.2, 0) is 6.61 Å². The lowest BCUT2D eigenvalue weighted by atomic mass is 10.1. The first-order valence-corrected chi connectivity index (χ1v) is 7.45. The number of ether oxygens (including phenoxy) is 1. The number of carbonyl (C=O) groups excluding carboxylic acids is 1. The molecule has 1 aromatic heterocycles. The van der Waals surface area contributed by atoms with Crippen molar-refractivity contribution < 1.29 is 9.53 Å². The van der Waals surface area contributed by atoms with Crippen molar-refractivity contribution in [3.05, 3.63) is 95.3 Å². The van der Waals surface area contributed by atoms with E-state index in [-0.39, 0.29) is 5.78 Å². The molecule has 0 spiro atoms. The fraction of sp³-hybridized carbons (Fsp3) is 0.100. The largest absolute Gasteiger partial charge is 0.489 e. The van der Waals surface area contributed by atoms with E-state index in [2.05, 4.69) is 24.0 Å². The van der Waals surface area contributed by atoms with Crippen molar-refractivity contribution in [2.24, 2.45) is 0 Å². The molecule has 0 atom stereocenters. The molecular weight excluding hydrogens is 286 g/mol. The third-order valence-electron chi connectivity index (χ3n) is 3.53. The Morgan fingerprint density at radius 2 is 1.83 bits per heavy atom. The molecule has 3 rings (SSSR count). The molecule has 0 saturated carbocycles. The zero-order valence-electron chi connectivity index (χ0n) is 12.9. The van der Waals surface area contributed by atoms with E-state index in [9.17, 15) is 4.79 Å². The summed E-state index contributed by atoms with van der Waals surface area (Å²) < 4.78 is 5.76. The summed E-state index contributed by atoms with van der Waals surface area (Å²) in [5.74, 6) is 0.706. The van der Waals surface area contributed by atoms with Crippen LogP contribution in [0.15, 0.2) is 73.1 Å². The number of hydrogen-bond acceptors (Lipinski definition) is 3. The first-order chi connectivity index (χ1) is 11.2. The maximum Gasteiger partial charge on any atom is 0.194 e. The maximum atomic E-state index is 12.3. The standard InChI is InChI=1S/C20H17NO2/c1-15-4-2-5-16(12-15)14-23-19-9-7-17(8-10-19)20(22)18-6-3-11-21-13-18/h2-13H,14H2,1H3. The van der Waals surface area contributed by atoms with Crippen molar-refractivity contribution in [2.75, 3.05) is 0 Å². The lowest BCUT2D eigenvalue weighted by Crippen LogP contribution is -2.02. The average Bonchev–Trinajstić information content (AvgIpc) is 2.61. The maximum absolute atomic E-state index is 12.3. The Bertz CT molecular complexity index is 795. The van der Waals surface area contributed by atoms with Crippen molar-refractivity contribution in [1.29, 1.82) is 0 Å². The summed E-state index contributed by atoms with van der Waals surface area (Å²) in [5, 5.41) is 0. The molecule has 3 heteroatoms. The van der Waals surface area contributed by atoms with Gasteiger partial charge in [-0.15, -0.1) is 0 Å². The normalized spacial score (nSPS) is 10.3. The van der Waals surface area contributed by atoms with Crippen LogP contribution in [0.2, 0.25) is 0 Å². The van der Waals surface area contributed by atoms with E-state index in [0.29, 0.717) is 17.7 Å².